The largest absolute Gasteiger partial charge is 0.311 e. The lowest BCUT2D eigenvalue weighted by molar-refractivity contribution is 0.556. The third kappa shape index (κ3) is 6.79. The molecule has 3 rings (SSSR count). The van der Waals surface area contributed by atoms with E-state index in [1.807, 2.05) is 18.2 Å². The van der Waals surface area contributed by atoms with Gasteiger partial charge in [0.2, 0.25) is 0 Å². The Balaban J connectivity index is 1.61. The Labute approximate surface area is 173 Å². The Morgan fingerprint density at radius 1 is 0.862 bits per heavy atom. The highest BCUT2D eigenvalue weighted by atomic mass is 19.1. The highest BCUT2D eigenvalue weighted by Crippen LogP contribution is 2.20. The van der Waals surface area contributed by atoms with Crippen molar-refractivity contribution in [2.45, 2.75) is 58.5 Å². The molecule has 5 heteroatoms. The molecule has 0 fully saturated rings. The number of hydrogen-bond acceptors (Lipinski definition) is 3. The first-order valence-electron chi connectivity index (χ1n) is 10.7. The van der Waals surface area contributed by atoms with Crippen LogP contribution in [0.3, 0.4) is 0 Å². The number of nitrogens with one attached hydrogen (secondary N) is 1. The Morgan fingerprint density at radius 3 is 2.34 bits per heavy atom. The second-order valence-corrected chi connectivity index (χ2v) is 7.46. The minimum absolute atomic E-state index is 0.230. The minimum atomic E-state index is -0.230. The first-order chi connectivity index (χ1) is 14.3. The van der Waals surface area contributed by atoms with Crippen molar-refractivity contribution in [1.82, 2.24) is 20.3 Å². The van der Waals surface area contributed by atoms with Gasteiger partial charge in [-0.3, -0.25) is 0 Å². The molecule has 0 amide bonds. The van der Waals surface area contributed by atoms with Gasteiger partial charge in [-0.2, -0.15) is 15.0 Å². The van der Waals surface area contributed by atoms with Crippen LogP contribution in [0.5, 0.6) is 0 Å². The van der Waals surface area contributed by atoms with E-state index in [4.69, 9.17) is 10.2 Å². The summed E-state index contributed by atoms with van der Waals surface area (Å²) in [6, 6.07) is 16.6. The first-order valence-corrected chi connectivity index (χ1v) is 10.7. The minimum Gasteiger partial charge on any atom is -0.311 e. The molecule has 154 valence electrons. The molecule has 0 aliphatic carbocycles. The van der Waals surface area contributed by atoms with Crippen LogP contribution in [0.25, 0.3) is 11.3 Å². The van der Waals surface area contributed by atoms with E-state index in [-0.39, 0.29) is 5.82 Å². The van der Waals surface area contributed by atoms with E-state index >= 15 is 0 Å². The molecule has 29 heavy (non-hydrogen) atoms. The van der Waals surface area contributed by atoms with Gasteiger partial charge >= 0.3 is 0 Å². The molecule has 0 aliphatic heterocycles. The van der Waals surface area contributed by atoms with Crippen LogP contribution in [-0.4, -0.2) is 21.5 Å². The zero-order valence-corrected chi connectivity index (χ0v) is 17.3. The van der Waals surface area contributed by atoms with Gasteiger partial charge in [-0.25, -0.2) is 4.39 Å². The average Bonchev–Trinajstić information content (AvgIpc) is 3.15. The van der Waals surface area contributed by atoms with Gasteiger partial charge in [-0.05, 0) is 30.7 Å². The first kappa shape index (κ1) is 21.2. The number of rotatable bonds is 12. The van der Waals surface area contributed by atoms with Crippen LogP contribution in [0.15, 0.2) is 54.6 Å². The molecule has 3 aromatic rings. The van der Waals surface area contributed by atoms with E-state index < -0.39 is 0 Å². The summed E-state index contributed by atoms with van der Waals surface area (Å²) in [5, 5.41) is 13.0. The molecule has 0 saturated carbocycles. The normalized spacial score (nSPS) is 11.1. The number of nitrogens with zero attached hydrogens (tertiary/aromatic N) is 3. The average molecular weight is 395 g/mol. The molecule has 0 spiro atoms. The maximum atomic E-state index is 13.2. The highest BCUT2D eigenvalue weighted by Gasteiger charge is 2.13. The van der Waals surface area contributed by atoms with Crippen molar-refractivity contribution in [3.05, 3.63) is 71.7 Å². The van der Waals surface area contributed by atoms with Crippen molar-refractivity contribution in [2.75, 3.05) is 6.54 Å². The van der Waals surface area contributed by atoms with Gasteiger partial charge < -0.3 is 5.32 Å². The highest BCUT2D eigenvalue weighted by molar-refractivity contribution is 5.60. The van der Waals surface area contributed by atoms with Gasteiger partial charge in [0.25, 0.3) is 0 Å². The summed E-state index contributed by atoms with van der Waals surface area (Å²) in [5.41, 5.74) is 3.90. The molecule has 1 N–H and O–H groups in total. The zero-order valence-electron chi connectivity index (χ0n) is 17.3. The maximum Gasteiger partial charge on any atom is 0.123 e. The lowest BCUT2D eigenvalue weighted by atomic mass is 10.1. The Kier molecular flexibility index (Phi) is 8.38. The van der Waals surface area contributed by atoms with Crippen molar-refractivity contribution >= 4 is 0 Å². The molecular formula is C24H31FN4. The van der Waals surface area contributed by atoms with Gasteiger partial charge in [-0.1, -0.05) is 81.5 Å². The molecule has 0 saturated heterocycles. The fourth-order valence-electron chi connectivity index (χ4n) is 3.38. The van der Waals surface area contributed by atoms with Crippen molar-refractivity contribution < 1.29 is 4.39 Å². The number of hydrogen-bond donors (Lipinski definition) is 1. The number of unbranched alkanes of at least 4 members (excludes halogenated alkanes) is 5. The molecule has 0 bridgehead atoms. The van der Waals surface area contributed by atoms with Gasteiger partial charge in [0.1, 0.15) is 17.2 Å². The second-order valence-electron chi connectivity index (χ2n) is 7.46. The second kappa shape index (κ2) is 11.5. The van der Waals surface area contributed by atoms with E-state index in [1.165, 1.54) is 50.7 Å². The van der Waals surface area contributed by atoms with Crippen molar-refractivity contribution in [3.63, 3.8) is 0 Å². The number of halogens is 1. The third-order valence-corrected chi connectivity index (χ3v) is 5.01. The Morgan fingerprint density at radius 2 is 1.59 bits per heavy atom. The smallest absolute Gasteiger partial charge is 0.123 e. The van der Waals surface area contributed by atoms with Gasteiger partial charge in [0, 0.05) is 12.1 Å². The lowest BCUT2D eigenvalue weighted by Crippen LogP contribution is -2.16. The summed E-state index contributed by atoms with van der Waals surface area (Å²) in [7, 11) is 0. The van der Waals surface area contributed by atoms with Gasteiger partial charge in [-0.15, -0.1) is 0 Å². The van der Waals surface area contributed by atoms with Crippen LogP contribution in [0, 0.1) is 5.82 Å². The molecule has 4 nitrogen and oxygen atoms in total. The van der Waals surface area contributed by atoms with E-state index in [1.54, 1.807) is 16.9 Å². The summed E-state index contributed by atoms with van der Waals surface area (Å²) in [4.78, 5) is 1.71. The van der Waals surface area contributed by atoms with Crippen LogP contribution >= 0.6 is 0 Å². The van der Waals surface area contributed by atoms with E-state index in [2.05, 4.69) is 24.4 Å². The summed E-state index contributed by atoms with van der Waals surface area (Å²) in [6.45, 7) is 4.46. The van der Waals surface area contributed by atoms with Crippen molar-refractivity contribution in [3.8, 4) is 11.3 Å². The van der Waals surface area contributed by atoms with Gasteiger partial charge in [0.15, 0.2) is 0 Å². The van der Waals surface area contributed by atoms with Crippen LogP contribution in [-0.2, 0) is 13.1 Å². The Bertz CT molecular complexity index is 843. The zero-order chi connectivity index (χ0) is 20.3. The molecule has 1 aromatic heterocycles. The Hall–Kier alpha value is -2.53. The van der Waals surface area contributed by atoms with Crippen LogP contribution in [0.1, 0.15) is 56.7 Å². The van der Waals surface area contributed by atoms with Crippen molar-refractivity contribution in [1.29, 1.82) is 0 Å². The summed E-state index contributed by atoms with van der Waals surface area (Å²) >= 11 is 0. The van der Waals surface area contributed by atoms with Crippen LogP contribution in [0.2, 0.25) is 0 Å². The predicted molar refractivity (Wildman–Crippen MR) is 116 cm³/mol. The molecular weight excluding hydrogens is 363 g/mol. The third-order valence-electron chi connectivity index (χ3n) is 5.01. The molecule has 2 aromatic carbocycles. The predicted octanol–water partition coefficient (Wildman–Crippen LogP) is 5.58. The molecule has 1 heterocycles. The van der Waals surface area contributed by atoms with E-state index in [9.17, 15) is 4.39 Å². The van der Waals surface area contributed by atoms with Gasteiger partial charge in [0.05, 0.1) is 6.54 Å². The number of aromatic nitrogens is 3. The fraction of sp³-hybridized carbons (Fsp3) is 0.417. The molecule has 0 atom stereocenters. The fourth-order valence-corrected chi connectivity index (χ4v) is 3.38. The molecule has 0 radical (unpaired) electrons. The maximum absolute atomic E-state index is 13.2. The molecule has 0 unspecified atom stereocenters. The molecule has 0 aliphatic rings. The van der Waals surface area contributed by atoms with Crippen LogP contribution in [0.4, 0.5) is 4.39 Å². The summed E-state index contributed by atoms with van der Waals surface area (Å²) < 4.78 is 13.2. The van der Waals surface area contributed by atoms with E-state index in [0.29, 0.717) is 13.1 Å². The lowest BCUT2D eigenvalue weighted by Gasteiger charge is -2.04. The van der Waals surface area contributed by atoms with Crippen LogP contribution < -0.4 is 5.32 Å². The summed E-state index contributed by atoms with van der Waals surface area (Å²) in [6.07, 6.45) is 7.74. The topological polar surface area (TPSA) is 42.7 Å². The number of benzene rings is 2. The monoisotopic (exact) mass is 394 g/mol. The van der Waals surface area contributed by atoms with E-state index in [0.717, 1.165) is 29.1 Å². The quantitative estimate of drug-likeness (QED) is 0.408. The summed E-state index contributed by atoms with van der Waals surface area (Å²) in [5.74, 6) is -0.230. The standard InChI is InChI=1S/C24H31FN4/c1-2-3-4-5-6-10-17-26-18-23-24(21-11-8-7-9-12-21)28-29(27-23)19-20-13-15-22(25)16-14-20/h7-9,11-16,26H,2-6,10,17-19H2,1H3. The van der Waals surface area contributed by atoms with Crippen molar-refractivity contribution in [2.24, 2.45) is 0 Å². The SMILES string of the molecule is CCCCCCCCNCc1nn(Cc2ccc(F)cc2)nc1-c1ccccc1.